The smallest absolute Gasteiger partial charge is 0.339 e. The number of carboxylic acids is 1. The standard InChI is InChI=1S/C25H29N3O9S2/c1-4-37-21-10-9-16(12-18(21)24(31)32)39(34,35)28-13-15(38)11-20(28)23(30)27(2)14-22(29)26-19-8-6-5-7-17(19)25(33)36-3/h5-10,12,15,20,38H,4,11,13-14H2,1-3H3,(H,26,29)(H,31,32)/t15-,20+/m1/s1. The van der Waals surface area contributed by atoms with Gasteiger partial charge in [-0.05, 0) is 43.7 Å². The van der Waals surface area contributed by atoms with Crippen LogP contribution in [0.4, 0.5) is 5.69 Å². The van der Waals surface area contributed by atoms with Gasteiger partial charge in [0.25, 0.3) is 0 Å². The minimum atomic E-state index is -4.32. The van der Waals surface area contributed by atoms with Crippen LogP contribution in [-0.4, -0.2) is 91.6 Å². The largest absolute Gasteiger partial charge is 0.493 e. The van der Waals surface area contributed by atoms with E-state index >= 15 is 0 Å². The first-order valence-corrected chi connectivity index (χ1v) is 13.8. The molecular weight excluding hydrogens is 550 g/mol. The first kappa shape index (κ1) is 29.9. The van der Waals surface area contributed by atoms with Gasteiger partial charge in [-0.25, -0.2) is 18.0 Å². The van der Waals surface area contributed by atoms with Gasteiger partial charge in [0.05, 0.1) is 36.4 Å². The van der Waals surface area contributed by atoms with E-state index in [-0.39, 0.29) is 47.0 Å². The number of methoxy groups -OCH3 is 1. The van der Waals surface area contributed by atoms with Crippen molar-refractivity contribution in [2.75, 3.05) is 39.2 Å². The van der Waals surface area contributed by atoms with Crippen LogP contribution < -0.4 is 10.1 Å². The highest BCUT2D eigenvalue weighted by molar-refractivity contribution is 7.89. The highest BCUT2D eigenvalue weighted by Crippen LogP contribution is 2.32. The lowest BCUT2D eigenvalue weighted by molar-refractivity contribution is -0.136. The third-order valence-corrected chi connectivity index (χ3v) is 8.21. The van der Waals surface area contributed by atoms with Crippen LogP contribution in [0, 0.1) is 0 Å². The van der Waals surface area contributed by atoms with Gasteiger partial charge < -0.3 is 24.8 Å². The quantitative estimate of drug-likeness (QED) is 0.281. The zero-order valence-electron chi connectivity index (χ0n) is 21.5. The van der Waals surface area contributed by atoms with Gasteiger partial charge in [-0.1, -0.05) is 12.1 Å². The Kier molecular flexibility index (Phi) is 9.59. The lowest BCUT2D eigenvalue weighted by atomic mass is 10.1. The van der Waals surface area contributed by atoms with Gasteiger partial charge in [0, 0.05) is 18.8 Å². The van der Waals surface area contributed by atoms with Gasteiger partial charge in [0.2, 0.25) is 21.8 Å². The summed E-state index contributed by atoms with van der Waals surface area (Å²) < 4.78 is 38.0. The molecule has 12 nitrogen and oxygen atoms in total. The SMILES string of the molecule is CCOc1ccc(S(=O)(=O)N2C[C@H](S)C[C@H]2C(=O)N(C)CC(=O)Nc2ccccc2C(=O)OC)cc1C(=O)O. The number of esters is 1. The van der Waals surface area contributed by atoms with Crippen molar-refractivity contribution in [1.82, 2.24) is 9.21 Å². The number of anilines is 1. The van der Waals surface area contributed by atoms with Gasteiger partial charge in [0.15, 0.2) is 0 Å². The van der Waals surface area contributed by atoms with Crippen LogP contribution >= 0.6 is 12.6 Å². The number of carboxylic acid groups (broad SMARTS) is 1. The number of carbonyl (C=O) groups is 4. The molecule has 0 saturated carbocycles. The van der Waals surface area contributed by atoms with Crippen LogP contribution in [-0.2, 0) is 24.3 Å². The molecule has 2 aromatic carbocycles. The molecule has 39 heavy (non-hydrogen) atoms. The lowest BCUT2D eigenvalue weighted by Gasteiger charge is -2.27. The van der Waals surface area contributed by atoms with Gasteiger partial charge >= 0.3 is 11.9 Å². The maximum Gasteiger partial charge on any atom is 0.339 e. The molecule has 2 aromatic rings. The topological polar surface area (TPSA) is 160 Å². The zero-order valence-corrected chi connectivity index (χ0v) is 23.2. The number of carbonyl (C=O) groups excluding carboxylic acids is 3. The molecule has 1 aliphatic heterocycles. The number of para-hydroxylation sites is 1. The summed E-state index contributed by atoms with van der Waals surface area (Å²) in [6.07, 6.45) is 0.0844. The molecular formula is C25H29N3O9S2. The predicted molar refractivity (Wildman–Crippen MR) is 144 cm³/mol. The summed E-state index contributed by atoms with van der Waals surface area (Å²) in [7, 11) is -1.76. The maximum absolute atomic E-state index is 13.5. The molecule has 2 amide bonds. The Balaban J connectivity index is 1.80. The van der Waals surface area contributed by atoms with E-state index in [0.29, 0.717) is 0 Å². The molecule has 14 heteroatoms. The number of sulfonamides is 1. The van der Waals surface area contributed by atoms with Gasteiger partial charge in [0.1, 0.15) is 17.4 Å². The third-order valence-electron chi connectivity index (χ3n) is 5.97. The first-order valence-electron chi connectivity index (χ1n) is 11.8. The van der Waals surface area contributed by atoms with E-state index in [0.717, 1.165) is 15.3 Å². The van der Waals surface area contributed by atoms with Crippen LogP contribution in [0.1, 0.15) is 34.1 Å². The van der Waals surface area contributed by atoms with Crippen molar-refractivity contribution in [2.45, 2.75) is 29.5 Å². The van der Waals surface area contributed by atoms with E-state index in [2.05, 4.69) is 17.9 Å². The Labute approximate surface area is 231 Å². The molecule has 0 unspecified atom stereocenters. The summed E-state index contributed by atoms with van der Waals surface area (Å²) in [6, 6.07) is 8.49. The van der Waals surface area contributed by atoms with Crippen molar-refractivity contribution >= 4 is 52.1 Å². The van der Waals surface area contributed by atoms with Gasteiger partial charge in [-0.2, -0.15) is 16.9 Å². The maximum atomic E-state index is 13.5. The van der Waals surface area contributed by atoms with E-state index in [1.807, 2.05) is 0 Å². The fourth-order valence-corrected chi connectivity index (χ4v) is 6.30. The fourth-order valence-electron chi connectivity index (χ4n) is 4.15. The highest BCUT2D eigenvalue weighted by atomic mass is 32.2. The molecule has 3 rings (SSSR count). The van der Waals surface area contributed by atoms with Crippen molar-refractivity contribution in [3.8, 4) is 5.75 Å². The summed E-state index contributed by atoms with van der Waals surface area (Å²) in [4.78, 5) is 50.4. The van der Waals surface area contributed by atoms with Crippen LogP contribution in [0.25, 0.3) is 0 Å². The molecule has 0 spiro atoms. The number of likely N-dealkylation sites (N-methyl/N-ethyl adjacent to an activating group) is 1. The Morgan fingerprint density at radius 2 is 1.85 bits per heavy atom. The summed E-state index contributed by atoms with van der Waals surface area (Å²) >= 11 is 4.38. The number of hydrogen-bond donors (Lipinski definition) is 3. The molecule has 2 N–H and O–H groups in total. The van der Waals surface area contributed by atoms with E-state index in [1.165, 1.54) is 38.4 Å². The number of rotatable bonds is 10. The molecule has 0 radical (unpaired) electrons. The first-order chi connectivity index (χ1) is 18.4. The number of nitrogens with one attached hydrogen (secondary N) is 1. The van der Waals surface area contributed by atoms with E-state index in [1.54, 1.807) is 19.1 Å². The molecule has 210 valence electrons. The van der Waals surface area contributed by atoms with Crippen molar-refractivity contribution < 1.29 is 42.2 Å². The number of nitrogens with zero attached hydrogens (tertiary/aromatic N) is 2. The van der Waals surface area contributed by atoms with Crippen molar-refractivity contribution in [2.24, 2.45) is 0 Å². The number of amides is 2. The fraction of sp³-hybridized carbons (Fsp3) is 0.360. The Morgan fingerprint density at radius 3 is 2.49 bits per heavy atom. The average Bonchev–Trinajstić information content (AvgIpc) is 3.30. The molecule has 1 aliphatic rings. The lowest BCUT2D eigenvalue weighted by Crippen LogP contribution is -2.48. The number of ether oxygens (including phenoxy) is 2. The van der Waals surface area contributed by atoms with Crippen molar-refractivity contribution in [3.05, 3.63) is 53.6 Å². The minimum Gasteiger partial charge on any atom is -0.493 e. The Morgan fingerprint density at radius 1 is 1.15 bits per heavy atom. The summed E-state index contributed by atoms with van der Waals surface area (Å²) in [5.41, 5.74) is -0.00624. The van der Waals surface area contributed by atoms with Crippen LogP contribution in [0.15, 0.2) is 47.4 Å². The van der Waals surface area contributed by atoms with Crippen LogP contribution in [0.3, 0.4) is 0 Å². The van der Waals surface area contributed by atoms with E-state index in [9.17, 15) is 32.7 Å². The normalized spacial score (nSPS) is 17.3. The van der Waals surface area contributed by atoms with Crippen LogP contribution in [0.5, 0.6) is 5.75 Å². The zero-order chi connectivity index (χ0) is 28.9. The molecule has 1 fully saturated rings. The minimum absolute atomic E-state index is 0.0181. The number of hydrogen-bond acceptors (Lipinski definition) is 9. The van der Waals surface area contributed by atoms with E-state index in [4.69, 9.17) is 9.47 Å². The average molecular weight is 580 g/mol. The second-order valence-corrected chi connectivity index (χ2v) is 11.3. The number of aromatic carboxylic acids is 1. The summed E-state index contributed by atoms with van der Waals surface area (Å²) in [5.74, 6) is -3.26. The number of benzene rings is 2. The van der Waals surface area contributed by atoms with Gasteiger partial charge in [-0.15, -0.1) is 0 Å². The molecule has 0 aromatic heterocycles. The van der Waals surface area contributed by atoms with Crippen LogP contribution in [0.2, 0.25) is 0 Å². The monoisotopic (exact) mass is 579 g/mol. The van der Waals surface area contributed by atoms with Crippen molar-refractivity contribution in [1.29, 1.82) is 0 Å². The second kappa shape index (κ2) is 12.5. The highest BCUT2D eigenvalue weighted by Gasteiger charge is 2.44. The van der Waals surface area contributed by atoms with Gasteiger partial charge in [-0.3, -0.25) is 9.59 Å². The third kappa shape index (κ3) is 6.69. The Hall–Kier alpha value is -3.62. The molecule has 2 atom stereocenters. The molecule has 0 bridgehead atoms. The summed E-state index contributed by atoms with van der Waals surface area (Å²) in [6.45, 7) is 1.33. The van der Waals surface area contributed by atoms with Crippen molar-refractivity contribution in [3.63, 3.8) is 0 Å². The molecule has 1 heterocycles. The van der Waals surface area contributed by atoms with E-state index < -0.39 is 51.6 Å². The summed E-state index contributed by atoms with van der Waals surface area (Å²) in [5, 5.41) is 11.6. The Bertz CT molecular complexity index is 1380. The molecule has 0 aliphatic carbocycles. The second-order valence-electron chi connectivity index (χ2n) is 8.66. The number of thiol groups is 1. The molecule has 1 saturated heterocycles. The predicted octanol–water partition coefficient (Wildman–Crippen LogP) is 1.73.